The molecule has 0 radical (unpaired) electrons. The van der Waals surface area contributed by atoms with Crippen LogP contribution >= 0.6 is 22.9 Å². The van der Waals surface area contributed by atoms with Crippen LogP contribution < -0.4 is 15.7 Å². The van der Waals surface area contributed by atoms with Crippen molar-refractivity contribution in [2.75, 3.05) is 5.32 Å². The van der Waals surface area contributed by atoms with E-state index < -0.39 is 11.7 Å². The van der Waals surface area contributed by atoms with Crippen molar-refractivity contribution in [3.63, 3.8) is 0 Å². The molecule has 0 fully saturated rings. The summed E-state index contributed by atoms with van der Waals surface area (Å²) >= 11 is 7.46. The SMILES string of the molecule is Cc1sc(NC(=O)[C@H](C)Oc2ccc3c(C)cc(=O)oc3c2)nc1-c1cccc(Cl)c1. The van der Waals surface area contributed by atoms with Crippen LogP contribution in [0.3, 0.4) is 0 Å². The van der Waals surface area contributed by atoms with Crippen molar-refractivity contribution in [3.05, 3.63) is 74.4 Å². The molecule has 0 aliphatic heterocycles. The van der Waals surface area contributed by atoms with Crippen LogP contribution in [0, 0.1) is 13.8 Å². The Morgan fingerprint density at radius 2 is 2.00 bits per heavy atom. The van der Waals surface area contributed by atoms with Gasteiger partial charge in [0.25, 0.3) is 5.91 Å². The van der Waals surface area contributed by atoms with Crippen molar-refractivity contribution in [3.8, 4) is 17.0 Å². The molecule has 1 N–H and O–H groups in total. The Morgan fingerprint density at radius 3 is 2.77 bits per heavy atom. The van der Waals surface area contributed by atoms with E-state index in [-0.39, 0.29) is 5.91 Å². The van der Waals surface area contributed by atoms with Gasteiger partial charge in [-0.3, -0.25) is 10.1 Å². The molecule has 0 saturated heterocycles. The highest BCUT2D eigenvalue weighted by atomic mass is 35.5. The van der Waals surface area contributed by atoms with E-state index in [0.717, 1.165) is 27.1 Å². The monoisotopic (exact) mass is 454 g/mol. The lowest BCUT2D eigenvalue weighted by Crippen LogP contribution is -2.30. The maximum atomic E-state index is 12.6. The normalized spacial score (nSPS) is 12.0. The largest absolute Gasteiger partial charge is 0.481 e. The van der Waals surface area contributed by atoms with Gasteiger partial charge in [-0.05, 0) is 50.6 Å². The molecule has 8 heteroatoms. The number of thiazole rings is 1. The van der Waals surface area contributed by atoms with Gasteiger partial charge in [-0.2, -0.15) is 0 Å². The molecule has 1 atom stereocenters. The van der Waals surface area contributed by atoms with E-state index in [9.17, 15) is 9.59 Å². The Kier molecular flexibility index (Phi) is 5.80. The highest BCUT2D eigenvalue weighted by Crippen LogP contribution is 2.31. The molecule has 158 valence electrons. The number of fused-ring (bicyclic) bond motifs is 1. The van der Waals surface area contributed by atoms with E-state index in [4.69, 9.17) is 20.8 Å². The first kappa shape index (κ1) is 21.1. The summed E-state index contributed by atoms with van der Waals surface area (Å²) in [5.74, 6) is 0.0935. The van der Waals surface area contributed by atoms with Crippen molar-refractivity contribution >= 4 is 44.9 Å². The molecule has 1 amide bonds. The number of carbonyl (C=O) groups excluding carboxylic acids is 1. The lowest BCUT2D eigenvalue weighted by atomic mass is 10.1. The average Bonchev–Trinajstić information content (AvgIpc) is 3.07. The van der Waals surface area contributed by atoms with Crippen molar-refractivity contribution in [1.29, 1.82) is 0 Å². The number of hydrogen-bond acceptors (Lipinski definition) is 6. The number of carbonyl (C=O) groups is 1. The molecule has 0 aliphatic carbocycles. The lowest BCUT2D eigenvalue weighted by Gasteiger charge is -2.14. The first-order chi connectivity index (χ1) is 14.8. The van der Waals surface area contributed by atoms with Crippen LogP contribution in [0.25, 0.3) is 22.2 Å². The first-order valence-corrected chi connectivity index (χ1v) is 10.7. The highest BCUT2D eigenvalue weighted by Gasteiger charge is 2.19. The van der Waals surface area contributed by atoms with Crippen molar-refractivity contribution in [2.45, 2.75) is 26.9 Å². The van der Waals surface area contributed by atoms with Crippen LogP contribution in [0.4, 0.5) is 5.13 Å². The summed E-state index contributed by atoms with van der Waals surface area (Å²) in [6, 6.07) is 14.0. The zero-order valence-corrected chi connectivity index (χ0v) is 18.6. The van der Waals surface area contributed by atoms with Gasteiger partial charge in [0, 0.05) is 33.0 Å². The predicted octanol–water partition coefficient (Wildman–Crippen LogP) is 5.59. The molecule has 4 rings (SSSR count). The Hall–Kier alpha value is -3.16. The van der Waals surface area contributed by atoms with Crippen molar-refractivity contribution in [1.82, 2.24) is 4.98 Å². The van der Waals surface area contributed by atoms with Crippen molar-refractivity contribution in [2.24, 2.45) is 0 Å². The van der Waals surface area contributed by atoms with Crippen LogP contribution in [-0.4, -0.2) is 17.0 Å². The number of anilines is 1. The molecule has 31 heavy (non-hydrogen) atoms. The highest BCUT2D eigenvalue weighted by molar-refractivity contribution is 7.16. The summed E-state index contributed by atoms with van der Waals surface area (Å²) in [5.41, 5.74) is 2.47. The molecule has 2 aromatic carbocycles. The number of benzene rings is 2. The van der Waals surface area contributed by atoms with Crippen LogP contribution in [0.5, 0.6) is 5.75 Å². The summed E-state index contributed by atoms with van der Waals surface area (Å²) in [6.45, 7) is 5.42. The molecule has 6 nitrogen and oxygen atoms in total. The minimum atomic E-state index is -0.784. The zero-order chi connectivity index (χ0) is 22.1. The van der Waals surface area contributed by atoms with E-state index in [1.165, 1.54) is 17.4 Å². The van der Waals surface area contributed by atoms with Gasteiger partial charge in [0.2, 0.25) is 0 Å². The number of aromatic nitrogens is 1. The number of ether oxygens (including phenoxy) is 1. The molecule has 0 bridgehead atoms. The maximum Gasteiger partial charge on any atom is 0.336 e. The van der Waals surface area contributed by atoms with E-state index in [1.54, 1.807) is 31.2 Å². The van der Waals surface area contributed by atoms with E-state index in [0.29, 0.717) is 21.5 Å². The third kappa shape index (κ3) is 4.62. The number of nitrogens with one attached hydrogen (secondary N) is 1. The molecule has 0 spiro atoms. The van der Waals surface area contributed by atoms with Gasteiger partial charge >= 0.3 is 5.63 Å². The van der Waals surface area contributed by atoms with Gasteiger partial charge in [-0.1, -0.05) is 23.7 Å². The van der Waals surface area contributed by atoms with Crippen LogP contribution in [0.1, 0.15) is 17.4 Å². The van der Waals surface area contributed by atoms with Gasteiger partial charge in [0.15, 0.2) is 11.2 Å². The number of amides is 1. The van der Waals surface area contributed by atoms with Gasteiger partial charge < -0.3 is 9.15 Å². The maximum absolute atomic E-state index is 12.6. The number of aryl methyl sites for hydroxylation is 2. The van der Waals surface area contributed by atoms with E-state index in [1.807, 2.05) is 32.0 Å². The molecule has 0 saturated carbocycles. The van der Waals surface area contributed by atoms with Gasteiger partial charge in [-0.15, -0.1) is 11.3 Å². The quantitative estimate of drug-likeness (QED) is 0.397. The number of halogens is 1. The smallest absolute Gasteiger partial charge is 0.336 e. The topological polar surface area (TPSA) is 81.4 Å². The summed E-state index contributed by atoms with van der Waals surface area (Å²) < 4.78 is 11.0. The number of nitrogens with zero attached hydrogens (tertiary/aromatic N) is 1. The summed E-state index contributed by atoms with van der Waals surface area (Å²) in [5, 5.41) is 4.72. The fourth-order valence-corrected chi connectivity index (χ4v) is 4.23. The predicted molar refractivity (Wildman–Crippen MR) is 123 cm³/mol. The van der Waals surface area contributed by atoms with Crippen LogP contribution in [-0.2, 0) is 4.79 Å². The fourth-order valence-electron chi connectivity index (χ4n) is 3.20. The van der Waals surface area contributed by atoms with Gasteiger partial charge in [-0.25, -0.2) is 9.78 Å². The average molecular weight is 455 g/mol. The molecule has 4 aromatic rings. The second-order valence-electron chi connectivity index (χ2n) is 7.09. The lowest BCUT2D eigenvalue weighted by molar-refractivity contribution is -0.122. The molecule has 2 aromatic heterocycles. The standard InChI is InChI=1S/C23H19ClN2O4S/c1-12-9-20(27)30-19-11-17(7-8-18(12)19)29-13(2)22(28)26-23-25-21(14(3)31-23)15-5-4-6-16(24)10-15/h4-11,13H,1-3H3,(H,25,26,28)/t13-/m0/s1. The molecule has 0 aliphatic rings. The first-order valence-electron chi connectivity index (χ1n) is 9.55. The Bertz CT molecular complexity index is 1350. The Morgan fingerprint density at radius 1 is 1.19 bits per heavy atom. The van der Waals surface area contributed by atoms with Crippen LogP contribution in [0.15, 0.2) is 57.7 Å². The summed E-state index contributed by atoms with van der Waals surface area (Å²) in [6.07, 6.45) is -0.784. The third-order valence-corrected chi connectivity index (χ3v) is 5.85. The molecular formula is C23H19ClN2O4S. The number of rotatable bonds is 5. The zero-order valence-electron chi connectivity index (χ0n) is 17.1. The summed E-state index contributed by atoms with van der Waals surface area (Å²) in [7, 11) is 0. The van der Waals surface area contributed by atoms with E-state index >= 15 is 0 Å². The summed E-state index contributed by atoms with van der Waals surface area (Å²) in [4.78, 5) is 29.7. The Balaban J connectivity index is 1.49. The minimum absolute atomic E-state index is 0.336. The van der Waals surface area contributed by atoms with Crippen LogP contribution in [0.2, 0.25) is 5.02 Å². The molecule has 2 heterocycles. The molecule has 0 unspecified atom stereocenters. The molecular weight excluding hydrogens is 436 g/mol. The fraction of sp³-hybridized carbons (Fsp3) is 0.174. The number of hydrogen-bond donors (Lipinski definition) is 1. The Labute approximate surface area is 187 Å². The third-order valence-electron chi connectivity index (χ3n) is 4.73. The second-order valence-corrected chi connectivity index (χ2v) is 8.73. The van der Waals surface area contributed by atoms with Gasteiger partial charge in [0.1, 0.15) is 11.3 Å². The van der Waals surface area contributed by atoms with E-state index in [2.05, 4.69) is 10.3 Å². The van der Waals surface area contributed by atoms with Gasteiger partial charge in [0.05, 0.1) is 5.69 Å². The van der Waals surface area contributed by atoms with Crippen molar-refractivity contribution < 1.29 is 13.9 Å². The minimum Gasteiger partial charge on any atom is -0.481 e. The second kappa shape index (κ2) is 8.53.